The van der Waals surface area contributed by atoms with Crippen molar-refractivity contribution in [3.8, 4) is 56.2 Å². The van der Waals surface area contributed by atoms with Crippen LogP contribution in [0.25, 0.3) is 56.2 Å². The van der Waals surface area contributed by atoms with Crippen molar-refractivity contribution in [3.63, 3.8) is 0 Å². The third-order valence-corrected chi connectivity index (χ3v) is 9.25. The van der Waals surface area contributed by atoms with Crippen molar-refractivity contribution >= 4 is 17.7 Å². The van der Waals surface area contributed by atoms with Gasteiger partial charge in [0.1, 0.15) is 5.82 Å². The zero-order valence-corrected chi connectivity index (χ0v) is 28.8. The summed E-state index contributed by atoms with van der Waals surface area (Å²) in [5.41, 5.74) is 13.2. The van der Waals surface area contributed by atoms with Crippen molar-refractivity contribution in [2.75, 3.05) is 5.32 Å². The Morgan fingerprint density at radius 2 is 1.12 bits per heavy atom. The van der Waals surface area contributed by atoms with Crippen LogP contribution in [0.2, 0.25) is 0 Å². The molecule has 5 heteroatoms. The van der Waals surface area contributed by atoms with Crippen LogP contribution < -0.4 is 5.32 Å². The summed E-state index contributed by atoms with van der Waals surface area (Å²) in [6.45, 7) is 8.47. The molecule has 2 heterocycles. The Morgan fingerprint density at radius 1 is 0.580 bits per heavy atom. The van der Waals surface area contributed by atoms with E-state index in [1.807, 2.05) is 98.9 Å². The Labute approximate surface area is 294 Å². The monoisotopic (exact) mass is 649 g/mol. The Hall–Kier alpha value is -6.20. The maximum absolute atomic E-state index is 8.38. The lowest BCUT2D eigenvalue weighted by molar-refractivity contribution is 0.659. The van der Waals surface area contributed by atoms with E-state index < -0.39 is 0 Å². The van der Waals surface area contributed by atoms with Gasteiger partial charge in [0, 0.05) is 51.3 Å². The normalized spacial score (nSPS) is 12.2. The molecule has 50 heavy (non-hydrogen) atoms. The van der Waals surface area contributed by atoms with E-state index in [2.05, 4.69) is 79.8 Å². The smallest absolute Gasteiger partial charge is 0.160 e. The number of aromatic nitrogens is 3. The average molecular weight is 650 g/mol. The molecule has 5 nitrogen and oxygen atoms in total. The molecule has 2 aromatic heterocycles. The third-order valence-electron chi connectivity index (χ3n) is 9.25. The molecule has 0 saturated carbocycles. The SMILES string of the molecule is CC.CC1(C)c2ccc(-c3ccc(-c4cc(-c5ccccc5)nc(-c5ccccc5)n4)cc3)cc2-c2cnc(Nc3ccccc3)c(C=N)c21. The summed E-state index contributed by atoms with van der Waals surface area (Å²) in [5.74, 6) is 1.40. The Morgan fingerprint density at radius 3 is 1.74 bits per heavy atom. The second-order valence-electron chi connectivity index (χ2n) is 12.6. The number of hydrogen-bond donors (Lipinski definition) is 2. The molecule has 7 aromatic rings. The molecule has 0 aliphatic heterocycles. The molecular formula is C45H39N5. The van der Waals surface area contributed by atoms with E-state index in [4.69, 9.17) is 20.4 Å². The van der Waals surface area contributed by atoms with Crippen LogP contribution in [0.15, 0.2) is 146 Å². The predicted molar refractivity (Wildman–Crippen MR) is 208 cm³/mol. The molecular weight excluding hydrogens is 611 g/mol. The molecule has 0 unspecified atom stereocenters. The van der Waals surface area contributed by atoms with E-state index >= 15 is 0 Å². The fourth-order valence-corrected chi connectivity index (χ4v) is 6.83. The number of benzene rings is 5. The first-order chi connectivity index (χ1) is 24.5. The van der Waals surface area contributed by atoms with Crippen LogP contribution >= 0.6 is 0 Å². The van der Waals surface area contributed by atoms with E-state index in [1.165, 1.54) is 11.8 Å². The van der Waals surface area contributed by atoms with Crippen LogP contribution in [-0.2, 0) is 5.41 Å². The second kappa shape index (κ2) is 13.7. The van der Waals surface area contributed by atoms with E-state index in [1.54, 1.807) is 0 Å². The van der Waals surface area contributed by atoms with Gasteiger partial charge in [-0.25, -0.2) is 15.0 Å². The molecule has 0 radical (unpaired) electrons. The van der Waals surface area contributed by atoms with Crippen LogP contribution in [0.5, 0.6) is 0 Å². The Bertz CT molecular complexity index is 2220. The third kappa shape index (κ3) is 5.99. The van der Waals surface area contributed by atoms with Gasteiger partial charge in [0.05, 0.1) is 11.4 Å². The molecule has 0 amide bonds. The number of hydrogen-bond acceptors (Lipinski definition) is 5. The number of fused-ring (bicyclic) bond motifs is 3. The summed E-state index contributed by atoms with van der Waals surface area (Å²) in [6, 6.07) is 47.8. The van der Waals surface area contributed by atoms with Crippen LogP contribution in [0.4, 0.5) is 11.5 Å². The molecule has 0 bridgehead atoms. The molecule has 244 valence electrons. The molecule has 1 aliphatic rings. The standard InChI is InChI=1S/C43H33N5.C2H6/c1-43(2)37-23-22-32(24-34(37)36-27-45-42(35(26-44)40(36)43)46-33-16-10-5-11-17-33)28-18-20-30(21-19-28)39-25-38(29-12-6-3-7-13-29)47-41(48-39)31-14-8-4-9-15-31;1-2/h3-27,44H,1-2H3,(H,45,46);1-2H3. The highest BCUT2D eigenvalue weighted by molar-refractivity contribution is 5.96. The number of anilines is 2. The highest BCUT2D eigenvalue weighted by atomic mass is 15.0. The fourth-order valence-electron chi connectivity index (χ4n) is 6.83. The Kier molecular flexibility index (Phi) is 8.88. The van der Waals surface area contributed by atoms with E-state index in [-0.39, 0.29) is 5.41 Å². The fraction of sp³-hybridized carbons (Fsp3) is 0.111. The first kappa shape index (κ1) is 32.4. The second-order valence-corrected chi connectivity index (χ2v) is 12.6. The number of para-hydroxylation sites is 1. The van der Waals surface area contributed by atoms with Crippen LogP contribution in [-0.4, -0.2) is 21.2 Å². The van der Waals surface area contributed by atoms with E-state index in [0.717, 1.165) is 67.1 Å². The number of nitrogens with one attached hydrogen (secondary N) is 2. The number of nitrogens with zero attached hydrogens (tertiary/aromatic N) is 3. The summed E-state index contributed by atoms with van der Waals surface area (Å²) in [6.07, 6.45) is 3.39. The molecule has 0 fully saturated rings. The van der Waals surface area contributed by atoms with Crippen molar-refractivity contribution in [2.45, 2.75) is 33.1 Å². The molecule has 0 spiro atoms. The lowest BCUT2D eigenvalue weighted by Gasteiger charge is -2.24. The first-order valence-electron chi connectivity index (χ1n) is 17.1. The van der Waals surface area contributed by atoms with E-state index in [0.29, 0.717) is 11.6 Å². The van der Waals surface area contributed by atoms with Gasteiger partial charge in [-0.3, -0.25) is 0 Å². The van der Waals surface area contributed by atoms with Crippen molar-refractivity contribution in [3.05, 3.63) is 162 Å². The summed E-state index contributed by atoms with van der Waals surface area (Å²) >= 11 is 0. The highest BCUT2D eigenvalue weighted by Crippen LogP contribution is 2.51. The maximum Gasteiger partial charge on any atom is 0.160 e. The van der Waals surface area contributed by atoms with Gasteiger partial charge in [-0.05, 0) is 52.1 Å². The molecule has 0 atom stereocenters. The van der Waals surface area contributed by atoms with Gasteiger partial charge in [0.15, 0.2) is 5.82 Å². The predicted octanol–water partition coefficient (Wildman–Crippen LogP) is 11.6. The molecule has 0 saturated heterocycles. The first-order valence-corrected chi connectivity index (χ1v) is 17.1. The highest BCUT2D eigenvalue weighted by Gasteiger charge is 2.38. The zero-order chi connectivity index (χ0) is 34.7. The van der Waals surface area contributed by atoms with Gasteiger partial charge < -0.3 is 10.7 Å². The lowest BCUT2D eigenvalue weighted by atomic mass is 9.80. The summed E-state index contributed by atoms with van der Waals surface area (Å²) in [7, 11) is 0. The minimum atomic E-state index is -0.282. The lowest BCUT2D eigenvalue weighted by Crippen LogP contribution is -2.18. The van der Waals surface area contributed by atoms with Crippen LogP contribution in [0.1, 0.15) is 44.4 Å². The Balaban J connectivity index is 0.00000193. The summed E-state index contributed by atoms with van der Waals surface area (Å²) in [4.78, 5) is 14.7. The summed E-state index contributed by atoms with van der Waals surface area (Å²) in [5, 5.41) is 11.8. The molecule has 8 rings (SSSR count). The van der Waals surface area contributed by atoms with Gasteiger partial charge in [0.25, 0.3) is 0 Å². The minimum absolute atomic E-state index is 0.282. The van der Waals surface area contributed by atoms with E-state index in [9.17, 15) is 0 Å². The largest absolute Gasteiger partial charge is 0.340 e. The van der Waals surface area contributed by atoms with Gasteiger partial charge >= 0.3 is 0 Å². The molecule has 5 aromatic carbocycles. The van der Waals surface area contributed by atoms with Crippen LogP contribution in [0.3, 0.4) is 0 Å². The van der Waals surface area contributed by atoms with Gasteiger partial charge in [-0.2, -0.15) is 0 Å². The van der Waals surface area contributed by atoms with Gasteiger partial charge in [0.2, 0.25) is 0 Å². The number of pyridine rings is 1. The van der Waals surface area contributed by atoms with Gasteiger partial charge in [-0.15, -0.1) is 0 Å². The zero-order valence-electron chi connectivity index (χ0n) is 28.8. The van der Waals surface area contributed by atoms with Gasteiger partial charge in [-0.1, -0.05) is 143 Å². The number of rotatable bonds is 7. The molecule has 1 aliphatic carbocycles. The summed E-state index contributed by atoms with van der Waals surface area (Å²) < 4.78 is 0. The molecule has 2 N–H and O–H groups in total. The van der Waals surface area contributed by atoms with Crippen molar-refractivity contribution in [2.24, 2.45) is 0 Å². The quantitative estimate of drug-likeness (QED) is 0.169. The topological polar surface area (TPSA) is 74.6 Å². The van der Waals surface area contributed by atoms with Crippen molar-refractivity contribution < 1.29 is 0 Å². The van der Waals surface area contributed by atoms with Crippen molar-refractivity contribution in [1.82, 2.24) is 15.0 Å². The average Bonchev–Trinajstić information content (AvgIpc) is 3.42. The van der Waals surface area contributed by atoms with Crippen molar-refractivity contribution in [1.29, 1.82) is 5.41 Å². The minimum Gasteiger partial charge on any atom is -0.340 e. The van der Waals surface area contributed by atoms with Crippen LogP contribution in [0, 0.1) is 5.41 Å². The maximum atomic E-state index is 8.38.